The SMILES string of the molecule is CSc1nc(Nc2cccc(O)c2)c2cnn(CC(Cl)c3ccccc3)c2n1. The van der Waals surface area contributed by atoms with Crippen LogP contribution in [0.25, 0.3) is 11.0 Å². The van der Waals surface area contributed by atoms with E-state index in [2.05, 4.69) is 20.4 Å². The van der Waals surface area contributed by atoms with Gasteiger partial charge in [-0.15, -0.1) is 11.6 Å². The third-order valence-corrected chi connectivity index (χ3v) is 5.20. The van der Waals surface area contributed by atoms with Crippen LogP contribution in [0.1, 0.15) is 10.9 Å². The summed E-state index contributed by atoms with van der Waals surface area (Å²) in [6.45, 7) is 0.492. The smallest absolute Gasteiger partial charge is 0.191 e. The Morgan fingerprint density at radius 1 is 1.14 bits per heavy atom. The van der Waals surface area contributed by atoms with Crippen LogP contribution in [0.3, 0.4) is 0 Å². The molecule has 2 heterocycles. The molecule has 2 aromatic heterocycles. The number of thioether (sulfide) groups is 1. The average molecular weight is 412 g/mol. The predicted molar refractivity (Wildman–Crippen MR) is 114 cm³/mol. The molecule has 0 saturated heterocycles. The molecule has 0 saturated carbocycles. The normalized spacial score (nSPS) is 12.2. The van der Waals surface area contributed by atoms with Crippen LogP contribution < -0.4 is 5.32 Å². The number of nitrogens with one attached hydrogen (secondary N) is 1. The number of alkyl halides is 1. The molecule has 2 N–H and O–H groups in total. The maximum absolute atomic E-state index is 9.71. The van der Waals surface area contributed by atoms with Gasteiger partial charge in [-0.3, -0.25) is 0 Å². The molecule has 8 heteroatoms. The molecular weight excluding hydrogens is 394 g/mol. The van der Waals surface area contributed by atoms with Crippen molar-refractivity contribution in [1.82, 2.24) is 19.7 Å². The number of hydrogen-bond acceptors (Lipinski definition) is 6. The molecule has 0 radical (unpaired) electrons. The Morgan fingerprint density at radius 2 is 1.96 bits per heavy atom. The van der Waals surface area contributed by atoms with Gasteiger partial charge in [0.15, 0.2) is 10.8 Å². The Balaban J connectivity index is 1.70. The number of fused-ring (bicyclic) bond motifs is 1. The molecule has 1 atom stereocenters. The summed E-state index contributed by atoms with van der Waals surface area (Å²) in [6, 6.07) is 16.8. The molecule has 0 aliphatic rings. The van der Waals surface area contributed by atoms with Crippen molar-refractivity contribution in [3.05, 3.63) is 66.4 Å². The van der Waals surface area contributed by atoms with E-state index < -0.39 is 0 Å². The van der Waals surface area contributed by atoms with Gasteiger partial charge in [-0.25, -0.2) is 14.6 Å². The van der Waals surface area contributed by atoms with Gasteiger partial charge >= 0.3 is 0 Å². The number of halogens is 1. The molecule has 2 aromatic carbocycles. The van der Waals surface area contributed by atoms with Crippen molar-refractivity contribution >= 4 is 45.9 Å². The van der Waals surface area contributed by atoms with Crippen LogP contribution in [0, 0.1) is 0 Å². The fourth-order valence-corrected chi connectivity index (χ4v) is 3.53. The number of hydrogen-bond donors (Lipinski definition) is 2. The Bertz CT molecular complexity index is 1100. The Hall–Kier alpha value is -2.77. The third-order valence-electron chi connectivity index (χ3n) is 4.26. The Morgan fingerprint density at radius 3 is 2.71 bits per heavy atom. The zero-order valence-corrected chi connectivity index (χ0v) is 16.7. The summed E-state index contributed by atoms with van der Waals surface area (Å²) in [7, 11) is 0. The first-order valence-electron chi connectivity index (χ1n) is 8.66. The lowest BCUT2D eigenvalue weighted by molar-refractivity contribution is 0.475. The first-order chi connectivity index (χ1) is 13.6. The van der Waals surface area contributed by atoms with E-state index in [4.69, 9.17) is 11.6 Å². The van der Waals surface area contributed by atoms with Crippen molar-refractivity contribution < 1.29 is 5.11 Å². The van der Waals surface area contributed by atoms with E-state index in [1.54, 1.807) is 29.1 Å². The average Bonchev–Trinajstić information content (AvgIpc) is 3.11. The number of phenolic OH excluding ortho intramolecular Hbond substituents is 1. The van der Waals surface area contributed by atoms with Crippen molar-refractivity contribution in [2.75, 3.05) is 11.6 Å². The minimum atomic E-state index is -0.223. The number of aromatic hydroxyl groups is 1. The van der Waals surface area contributed by atoms with Crippen molar-refractivity contribution in [2.45, 2.75) is 17.1 Å². The van der Waals surface area contributed by atoms with Gasteiger partial charge in [-0.2, -0.15) is 5.10 Å². The van der Waals surface area contributed by atoms with E-state index in [0.29, 0.717) is 23.2 Å². The second kappa shape index (κ2) is 8.08. The minimum absolute atomic E-state index is 0.184. The highest BCUT2D eigenvalue weighted by atomic mass is 35.5. The third kappa shape index (κ3) is 3.90. The molecule has 0 amide bonds. The number of aromatic nitrogens is 4. The van der Waals surface area contributed by atoms with Crippen molar-refractivity contribution in [3.63, 3.8) is 0 Å². The first-order valence-corrected chi connectivity index (χ1v) is 10.3. The van der Waals surface area contributed by atoms with Gasteiger partial charge in [0.1, 0.15) is 11.6 Å². The summed E-state index contributed by atoms with van der Waals surface area (Å²) in [6.07, 6.45) is 3.66. The molecule has 6 nitrogen and oxygen atoms in total. The molecular formula is C20H18ClN5OS. The van der Waals surface area contributed by atoms with Crippen LogP contribution in [0.15, 0.2) is 66.0 Å². The summed E-state index contributed by atoms with van der Waals surface area (Å²) in [4.78, 5) is 9.19. The zero-order chi connectivity index (χ0) is 19.5. The predicted octanol–water partition coefficient (Wildman–Crippen LogP) is 4.98. The Kier molecular flexibility index (Phi) is 5.36. The van der Waals surface area contributed by atoms with E-state index in [1.165, 1.54) is 11.8 Å². The second-order valence-corrected chi connectivity index (χ2v) is 7.48. The van der Waals surface area contributed by atoms with Gasteiger partial charge in [0.25, 0.3) is 0 Å². The molecule has 0 spiro atoms. The minimum Gasteiger partial charge on any atom is -0.508 e. The summed E-state index contributed by atoms with van der Waals surface area (Å²) in [5, 5.41) is 18.6. The van der Waals surface area contributed by atoms with Crippen LogP contribution in [0.4, 0.5) is 11.5 Å². The lowest BCUT2D eigenvalue weighted by atomic mass is 10.1. The van der Waals surface area contributed by atoms with Crippen LogP contribution >= 0.6 is 23.4 Å². The van der Waals surface area contributed by atoms with E-state index >= 15 is 0 Å². The van der Waals surface area contributed by atoms with E-state index in [0.717, 1.165) is 16.6 Å². The van der Waals surface area contributed by atoms with Gasteiger partial charge in [0.2, 0.25) is 0 Å². The summed E-state index contributed by atoms with van der Waals surface area (Å²) in [5.74, 6) is 0.820. The number of nitrogens with zero attached hydrogens (tertiary/aromatic N) is 4. The highest BCUT2D eigenvalue weighted by molar-refractivity contribution is 7.98. The molecule has 0 aliphatic heterocycles. The maximum Gasteiger partial charge on any atom is 0.191 e. The number of phenols is 1. The van der Waals surface area contributed by atoms with Gasteiger partial charge in [-0.05, 0) is 24.0 Å². The number of benzene rings is 2. The number of rotatable bonds is 6. The largest absolute Gasteiger partial charge is 0.508 e. The molecule has 1 unspecified atom stereocenters. The van der Waals surface area contributed by atoms with Crippen LogP contribution in [0.5, 0.6) is 5.75 Å². The summed E-state index contributed by atoms with van der Waals surface area (Å²) < 4.78 is 1.80. The highest BCUT2D eigenvalue weighted by Crippen LogP contribution is 2.29. The summed E-state index contributed by atoms with van der Waals surface area (Å²) >= 11 is 8.06. The first kappa shape index (κ1) is 18.6. The van der Waals surface area contributed by atoms with Crippen LogP contribution in [-0.4, -0.2) is 31.1 Å². The van der Waals surface area contributed by atoms with E-state index in [9.17, 15) is 5.11 Å². The highest BCUT2D eigenvalue weighted by Gasteiger charge is 2.16. The van der Waals surface area contributed by atoms with Crippen molar-refractivity contribution in [1.29, 1.82) is 0 Å². The lowest BCUT2D eigenvalue weighted by Gasteiger charge is -2.12. The quantitative estimate of drug-likeness (QED) is 0.265. The van der Waals surface area contributed by atoms with Gasteiger partial charge in [0, 0.05) is 11.8 Å². The molecule has 0 bridgehead atoms. The van der Waals surface area contributed by atoms with Gasteiger partial charge in [-0.1, -0.05) is 48.2 Å². The number of anilines is 2. The Labute approximate surface area is 171 Å². The summed E-state index contributed by atoms with van der Waals surface area (Å²) in [5.41, 5.74) is 2.48. The molecule has 4 rings (SSSR count). The standard InChI is InChI=1S/C20H18ClN5OS/c1-28-20-24-18(23-14-8-5-9-15(27)10-14)16-11-22-26(19(16)25-20)12-17(21)13-6-3-2-4-7-13/h2-11,17,27H,12H2,1H3,(H,23,24,25). The molecule has 142 valence electrons. The van der Waals surface area contributed by atoms with Crippen LogP contribution in [-0.2, 0) is 6.54 Å². The maximum atomic E-state index is 9.71. The molecule has 28 heavy (non-hydrogen) atoms. The van der Waals surface area contributed by atoms with Crippen molar-refractivity contribution in [2.24, 2.45) is 0 Å². The van der Waals surface area contributed by atoms with Gasteiger partial charge < -0.3 is 10.4 Å². The monoisotopic (exact) mass is 411 g/mol. The van der Waals surface area contributed by atoms with Crippen LogP contribution in [0.2, 0.25) is 0 Å². The fourth-order valence-electron chi connectivity index (χ4n) is 2.90. The topological polar surface area (TPSA) is 75.9 Å². The molecule has 0 fully saturated rings. The van der Waals surface area contributed by atoms with E-state index in [-0.39, 0.29) is 11.1 Å². The fraction of sp³-hybridized carbons (Fsp3) is 0.150. The zero-order valence-electron chi connectivity index (χ0n) is 15.1. The molecule has 4 aromatic rings. The van der Waals surface area contributed by atoms with Gasteiger partial charge in [0.05, 0.1) is 23.5 Å². The van der Waals surface area contributed by atoms with E-state index in [1.807, 2.05) is 42.7 Å². The molecule has 0 aliphatic carbocycles. The lowest BCUT2D eigenvalue weighted by Crippen LogP contribution is -2.07. The van der Waals surface area contributed by atoms with Crippen molar-refractivity contribution in [3.8, 4) is 5.75 Å². The second-order valence-electron chi connectivity index (χ2n) is 6.18.